The average Bonchev–Trinajstić information content (AvgIpc) is 2.83. The molecule has 0 aliphatic heterocycles. The number of methoxy groups -OCH3 is 1. The highest BCUT2D eigenvalue weighted by atomic mass is 16.5. The molecule has 0 aliphatic rings. The van der Waals surface area contributed by atoms with Crippen molar-refractivity contribution >= 4 is 23.8 Å². The van der Waals surface area contributed by atoms with Gasteiger partial charge in [-0.25, -0.2) is 4.79 Å². The molecule has 0 aromatic heterocycles. The first-order valence-electron chi connectivity index (χ1n) is 12.2. The van der Waals surface area contributed by atoms with Crippen molar-refractivity contribution in [3.05, 3.63) is 35.9 Å². The zero-order valence-corrected chi connectivity index (χ0v) is 20.0. The average molecular weight is 482 g/mol. The number of ether oxygens (including phenoxy) is 1. The maximum atomic E-state index is 13.8. The number of rotatable bonds is 14. The minimum absolute atomic E-state index is 0.0360. The molecule has 5 N–H and O–H groups in total. The van der Waals surface area contributed by atoms with E-state index in [0.717, 1.165) is 12.4 Å². The minimum Gasteiger partial charge on any atom is -0.481 e. The smallest absolute Gasteiger partial charge is 0.333 e. The van der Waals surface area contributed by atoms with Crippen molar-refractivity contribution in [1.29, 1.82) is 0 Å². The summed E-state index contributed by atoms with van der Waals surface area (Å²) in [5.74, 6) is -4.39. The number of aliphatic carboxylic acids is 1. The Labute approximate surface area is 203 Å². The van der Waals surface area contributed by atoms with Gasteiger partial charge in [0.25, 0.3) is 0 Å². The molecule has 0 spiro atoms. The van der Waals surface area contributed by atoms with E-state index in [1.807, 2.05) is 13.8 Å². The number of aliphatic hydroxyl groups excluding tert-OH is 1. The molecule has 2 amide bonds. The Morgan fingerprint density at radius 3 is 2.38 bits per heavy atom. The number of carboxylic acid groups (broad SMARTS) is 1. The number of nitrogens with one attached hydrogen (secondary N) is 1. The number of nitrogens with zero attached hydrogens (tertiary/aromatic N) is 1. The van der Waals surface area contributed by atoms with Gasteiger partial charge in [0.15, 0.2) is 6.04 Å². The molecular weight excluding hydrogens is 442 g/mol. The first-order chi connectivity index (χ1) is 16.9. The molecule has 0 bridgehead atoms. The van der Waals surface area contributed by atoms with Crippen LogP contribution in [0, 0.1) is 5.41 Å². The molecule has 10 nitrogen and oxygen atoms in total. The second-order valence-electron chi connectivity index (χ2n) is 8.69. The summed E-state index contributed by atoms with van der Waals surface area (Å²) in [7, 11) is 1.09. The van der Waals surface area contributed by atoms with Gasteiger partial charge in [-0.3, -0.25) is 19.3 Å². The fourth-order valence-corrected chi connectivity index (χ4v) is 3.31. The zero-order valence-electron chi connectivity index (χ0n) is 22.0. The number of hydrogen-bond acceptors (Lipinski definition) is 8. The van der Waals surface area contributed by atoms with Crippen LogP contribution >= 0.6 is 0 Å². The summed E-state index contributed by atoms with van der Waals surface area (Å²) in [5.41, 5.74) is 5.78. The van der Waals surface area contributed by atoms with Crippen LogP contribution < -0.4 is 11.0 Å². The van der Waals surface area contributed by atoms with Gasteiger partial charge in [0, 0.05) is 7.98 Å². The summed E-state index contributed by atoms with van der Waals surface area (Å²) < 4.78 is 20.7. The van der Waals surface area contributed by atoms with Gasteiger partial charge >= 0.3 is 11.9 Å². The van der Waals surface area contributed by atoms with Crippen molar-refractivity contribution in [3.63, 3.8) is 0 Å². The molecular formula is C24H37N3O7. The summed E-state index contributed by atoms with van der Waals surface area (Å²) in [6, 6.07) is 3.38. The Kier molecular flexibility index (Phi) is 10.5. The fraction of sp³-hybridized carbons (Fsp3) is 0.583. The van der Waals surface area contributed by atoms with Gasteiger partial charge in [-0.1, -0.05) is 51.1 Å². The zero-order chi connectivity index (χ0) is 27.5. The molecule has 0 heterocycles. The molecule has 0 saturated carbocycles. The molecule has 10 heteroatoms. The summed E-state index contributed by atoms with van der Waals surface area (Å²) >= 11 is 0. The SMILES string of the molecule is [2H]CCC(N)C(=O)N(C(=O)[C@H](CC(=O)O)N([2H])CCC(C)(C)CCO)C(C(=O)OC)c1ccccc1. The molecule has 190 valence electrons. The molecule has 1 aromatic rings. The first-order valence-corrected chi connectivity index (χ1v) is 11.0. The van der Waals surface area contributed by atoms with Gasteiger partial charge in [-0.05, 0) is 36.8 Å². The van der Waals surface area contributed by atoms with Crippen LogP contribution in [0.3, 0.4) is 0 Å². The van der Waals surface area contributed by atoms with Gasteiger partial charge in [0.05, 0.1) is 25.6 Å². The molecule has 34 heavy (non-hydrogen) atoms. The van der Waals surface area contributed by atoms with E-state index in [1.165, 1.54) is 12.1 Å². The molecule has 1 aromatic carbocycles. The fourth-order valence-electron chi connectivity index (χ4n) is 3.31. The summed E-state index contributed by atoms with van der Waals surface area (Å²) in [6.45, 7) is 3.40. The number of carboxylic acids is 1. The van der Waals surface area contributed by atoms with Crippen molar-refractivity contribution in [1.82, 2.24) is 10.2 Å². The Morgan fingerprint density at radius 1 is 1.21 bits per heavy atom. The summed E-state index contributed by atoms with van der Waals surface area (Å²) in [4.78, 5) is 52.2. The first kappa shape index (κ1) is 25.8. The Morgan fingerprint density at radius 2 is 1.85 bits per heavy atom. The maximum Gasteiger partial charge on any atom is 0.333 e. The van der Waals surface area contributed by atoms with Crippen LogP contribution in [-0.4, -0.2) is 71.2 Å². The van der Waals surface area contributed by atoms with E-state index >= 15 is 0 Å². The second-order valence-corrected chi connectivity index (χ2v) is 8.69. The normalized spacial score (nSPS) is 15.0. The number of esters is 1. The van der Waals surface area contributed by atoms with E-state index in [4.69, 9.17) is 13.3 Å². The number of benzene rings is 1. The Hall–Kier alpha value is -2.82. The topological polar surface area (TPSA) is 159 Å². The van der Waals surface area contributed by atoms with E-state index in [0.29, 0.717) is 17.7 Å². The maximum absolute atomic E-state index is 13.8. The number of hydrogen-bond donors (Lipinski definition) is 4. The standard InChI is InChI=1S/C24H37N3O7/c1-5-17(25)21(31)27(20(23(33)34-4)16-9-7-6-8-10-16)22(32)18(15-19(29)30)26-13-11-24(2,3)12-14-28/h6-10,17-18,20,26,28H,5,11-15,25H2,1-4H3,(H,29,30)/t17?,18-,20?/m0/s1/i1D/hD. The van der Waals surface area contributed by atoms with Crippen LogP contribution in [0.15, 0.2) is 30.3 Å². The number of nitrogens with two attached hydrogens (primary N) is 1. The number of carbonyl (C=O) groups is 4. The van der Waals surface area contributed by atoms with Crippen LogP contribution in [0.2, 0.25) is 1.41 Å². The van der Waals surface area contributed by atoms with Gasteiger partial charge in [-0.2, -0.15) is 0 Å². The predicted molar refractivity (Wildman–Crippen MR) is 125 cm³/mol. The Balaban J connectivity index is 3.53. The third-order valence-electron chi connectivity index (χ3n) is 5.48. The largest absolute Gasteiger partial charge is 0.481 e. The van der Waals surface area contributed by atoms with Crippen LogP contribution in [0.25, 0.3) is 0 Å². The number of imide groups is 1. The third kappa shape index (κ3) is 8.51. The van der Waals surface area contributed by atoms with Crippen LogP contribution in [0.4, 0.5) is 0 Å². The van der Waals surface area contributed by atoms with Crippen LogP contribution in [0.1, 0.15) is 59.4 Å². The lowest BCUT2D eigenvalue weighted by Crippen LogP contribution is -2.56. The van der Waals surface area contributed by atoms with E-state index in [9.17, 15) is 29.4 Å². The van der Waals surface area contributed by atoms with E-state index in [-0.39, 0.29) is 32.0 Å². The van der Waals surface area contributed by atoms with Gasteiger partial charge in [-0.15, -0.1) is 0 Å². The monoisotopic (exact) mass is 481 g/mol. The number of aliphatic hydroxyl groups is 1. The molecule has 0 aliphatic carbocycles. The molecule has 0 saturated heterocycles. The third-order valence-corrected chi connectivity index (χ3v) is 5.48. The van der Waals surface area contributed by atoms with E-state index in [2.05, 4.69) is 0 Å². The molecule has 1 rings (SSSR count). The van der Waals surface area contributed by atoms with Crippen molar-refractivity contribution in [3.8, 4) is 0 Å². The van der Waals surface area contributed by atoms with Crippen LogP contribution in [-0.2, 0) is 23.9 Å². The number of amides is 2. The molecule has 2 unspecified atom stereocenters. The minimum atomic E-state index is -1.62. The summed E-state index contributed by atoms with van der Waals surface area (Å²) in [6.07, 6.45) is -0.118. The van der Waals surface area contributed by atoms with Crippen molar-refractivity contribution in [2.75, 3.05) is 20.3 Å². The van der Waals surface area contributed by atoms with E-state index in [1.54, 1.807) is 18.2 Å². The van der Waals surface area contributed by atoms with Crippen LogP contribution in [0.5, 0.6) is 0 Å². The summed E-state index contributed by atoms with van der Waals surface area (Å²) in [5, 5.41) is 19.5. The number of carbonyl (C=O) groups excluding carboxylic acids is 3. The van der Waals surface area contributed by atoms with Crippen molar-refractivity contribution < 1.29 is 36.9 Å². The van der Waals surface area contributed by atoms with Gasteiger partial charge in [0.2, 0.25) is 11.8 Å². The lowest BCUT2D eigenvalue weighted by molar-refractivity contribution is -0.162. The highest BCUT2D eigenvalue weighted by Crippen LogP contribution is 2.26. The molecule has 0 radical (unpaired) electrons. The van der Waals surface area contributed by atoms with Gasteiger partial charge < -0.3 is 26.0 Å². The molecule has 0 fully saturated rings. The molecule has 3 atom stereocenters. The quantitative estimate of drug-likeness (QED) is 0.287. The van der Waals surface area contributed by atoms with Crippen molar-refractivity contribution in [2.45, 2.75) is 64.6 Å². The highest BCUT2D eigenvalue weighted by molar-refractivity contribution is 6.04. The van der Waals surface area contributed by atoms with E-state index < -0.39 is 53.7 Å². The lowest BCUT2D eigenvalue weighted by Gasteiger charge is -2.33. The lowest BCUT2D eigenvalue weighted by atomic mass is 9.86. The highest BCUT2D eigenvalue weighted by Gasteiger charge is 2.41. The predicted octanol–water partition coefficient (Wildman–Crippen LogP) is 1.22. The Bertz CT molecular complexity index is 886. The second kappa shape index (κ2) is 13.8. The van der Waals surface area contributed by atoms with Gasteiger partial charge in [0.1, 0.15) is 1.41 Å². The van der Waals surface area contributed by atoms with Crippen molar-refractivity contribution in [2.24, 2.45) is 11.1 Å².